The monoisotopic (exact) mass is 479 g/mol. The number of carbonyl (C=O) groups excluding carboxylic acids is 2. The van der Waals surface area contributed by atoms with E-state index in [0.29, 0.717) is 17.8 Å². The number of thioether (sulfide) groups is 1. The average molecular weight is 479 g/mol. The molecule has 9 heteroatoms. The lowest BCUT2D eigenvalue weighted by molar-refractivity contribution is -0.137. The van der Waals surface area contributed by atoms with Gasteiger partial charge in [-0.1, -0.05) is 60.7 Å². The summed E-state index contributed by atoms with van der Waals surface area (Å²) in [6, 6.07) is 21.4. The van der Waals surface area contributed by atoms with Crippen LogP contribution in [0.3, 0.4) is 0 Å². The van der Waals surface area contributed by atoms with Crippen molar-refractivity contribution in [2.75, 3.05) is 4.90 Å². The van der Waals surface area contributed by atoms with E-state index in [2.05, 4.69) is 10.3 Å². The Hall–Kier alpha value is -3.85. The minimum Gasteiger partial charge on any atom is -0.303 e. The van der Waals surface area contributed by atoms with Crippen LogP contribution in [0.2, 0.25) is 0 Å². The molecule has 2 aliphatic rings. The molecule has 0 unspecified atom stereocenters. The van der Waals surface area contributed by atoms with Crippen molar-refractivity contribution in [3.05, 3.63) is 100 Å². The average Bonchev–Trinajstić information content (AvgIpc) is 3.30. The van der Waals surface area contributed by atoms with Gasteiger partial charge in [-0.2, -0.15) is 13.2 Å². The number of rotatable bonds is 3. The van der Waals surface area contributed by atoms with E-state index < -0.39 is 17.6 Å². The number of nitrogens with one attached hydrogen (secondary N) is 1. The van der Waals surface area contributed by atoms with E-state index in [4.69, 9.17) is 0 Å². The van der Waals surface area contributed by atoms with Gasteiger partial charge >= 0.3 is 6.18 Å². The van der Waals surface area contributed by atoms with Gasteiger partial charge in [0.05, 0.1) is 34.0 Å². The molecule has 0 aliphatic carbocycles. The van der Waals surface area contributed by atoms with Crippen molar-refractivity contribution in [3.8, 4) is 0 Å². The van der Waals surface area contributed by atoms with Crippen LogP contribution in [0.1, 0.15) is 16.7 Å². The summed E-state index contributed by atoms with van der Waals surface area (Å²) in [7, 11) is 0. The predicted molar refractivity (Wildman–Crippen MR) is 125 cm³/mol. The Balaban J connectivity index is 1.53. The van der Waals surface area contributed by atoms with Crippen LogP contribution in [0.15, 0.2) is 88.8 Å². The Morgan fingerprint density at radius 1 is 0.882 bits per heavy atom. The molecule has 3 aromatic rings. The molecule has 0 radical (unpaired) electrons. The number of para-hydroxylation sites is 2. The molecule has 5 rings (SSSR count). The van der Waals surface area contributed by atoms with Crippen LogP contribution >= 0.6 is 11.8 Å². The summed E-state index contributed by atoms with van der Waals surface area (Å²) in [6.07, 6.45) is -4.59. The second kappa shape index (κ2) is 8.49. The number of fused-ring (bicyclic) bond motifs is 1. The van der Waals surface area contributed by atoms with Gasteiger partial charge in [0.2, 0.25) is 0 Å². The number of hydrogen-bond acceptors (Lipinski definition) is 4. The first kappa shape index (κ1) is 22.0. The number of alkyl halides is 3. The standard InChI is InChI=1S/C25H16F3N3O2S/c26-25(27,28)17-11-5-6-12-18(17)29-24-30-22(32)21(34-24)20-16-10-4-7-13-19(16)31(23(20)33)14-15-8-2-1-3-9-15/h1-13H,14H2,(H,29,30,32)/b21-20+. The van der Waals surface area contributed by atoms with Gasteiger partial charge in [0.15, 0.2) is 5.17 Å². The largest absolute Gasteiger partial charge is 0.418 e. The zero-order valence-corrected chi connectivity index (χ0v) is 18.3. The summed E-state index contributed by atoms with van der Waals surface area (Å²) in [4.78, 5) is 32.0. The van der Waals surface area contributed by atoms with Crippen LogP contribution in [0.4, 0.5) is 24.5 Å². The van der Waals surface area contributed by atoms with Gasteiger partial charge in [-0.3, -0.25) is 9.59 Å². The van der Waals surface area contributed by atoms with E-state index in [0.717, 1.165) is 23.4 Å². The van der Waals surface area contributed by atoms with E-state index in [1.807, 2.05) is 30.3 Å². The summed E-state index contributed by atoms with van der Waals surface area (Å²) in [5.74, 6) is -0.924. The molecule has 1 fully saturated rings. The number of amides is 2. The number of benzene rings is 3. The lowest BCUT2D eigenvalue weighted by Gasteiger charge is -2.17. The van der Waals surface area contributed by atoms with Crippen molar-refractivity contribution in [3.63, 3.8) is 0 Å². The maximum absolute atomic E-state index is 13.4. The number of carbonyl (C=O) groups is 2. The molecule has 5 nitrogen and oxygen atoms in total. The molecule has 2 amide bonds. The molecule has 3 aromatic carbocycles. The molecular weight excluding hydrogens is 463 g/mol. The number of anilines is 1. The molecule has 34 heavy (non-hydrogen) atoms. The van der Waals surface area contributed by atoms with Crippen LogP contribution in [-0.2, 0) is 22.3 Å². The van der Waals surface area contributed by atoms with Gasteiger partial charge in [0.25, 0.3) is 11.8 Å². The predicted octanol–water partition coefficient (Wildman–Crippen LogP) is 5.51. The summed E-state index contributed by atoms with van der Waals surface area (Å²) >= 11 is 0.860. The Labute approximate surface area is 197 Å². The van der Waals surface area contributed by atoms with Crippen LogP contribution in [0.5, 0.6) is 0 Å². The number of nitrogens with zero attached hydrogens (tertiary/aromatic N) is 2. The first-order chi connectivity index (χ1) is 16.3. The van der Waals surface area contributed by atoms with Crippen molar-refractivity contribution in [1.29, 1.82) is 0 Å². The van der Waals surface area contributed by atoms with E-state index >= 15 is 0 Å². The number of amidine groups is 1. The van der Waals surface area contributed by atoms with Crippen LogP contribution < -0.4 is 10.2 Å². The zero-order valence-electron chi connectivity index (χ0n) is 17.5. The number of aliphatic imine (C=N–C) groups is 1. The molecule has 1 N–H and O–H groups in total. The third-order valence-electron chi connectivity index (χ3n) is 5.39. The third kappa shape index (κ3) is 3.99. The van der Waals surface area contributed by atoms with Gasteiger partial charge in [-0.15, -0.1) is 0 Å². The van der Waals surface area contributed by atoms with Crippen LogP contribution in [-0.4, -0.2) is 17.0 Å². The van der Waals surface area contributed by atoms with E-state index in [-0.39, 0.29) is 27.2 Å². The van der Waals surface area contributed by atoms with Gasteiger partial charge in [-0.25, -0.2) is 4.99 Å². The van der Waals surface area contributed by atoms with Crippen LogP contribution in [0, 0.1) is 0 Å². The quantitative estimate of drug-likeness (QED) is 0.504. The van der Waals surface area contributed by atoms with E-state index in [9.17, 15) is 22.8 Å². The number of hydrogen-bond donors (Lipinski definition) is 1. The zero-order chi connectivity index (χ0) is 23.9. The molecule has 0 atom stereocenters. The molecule has 2 aliphatic heterocycles. The highest BCUT2D eigenvalue weighted by atomic mass is 32.2. The summed E-state index contributed by atoms with van der Waals surface area (Å²) in [6.45, 7) is 0.319. The van der Waals surface area contributed by atoms with Gasteiger partial charge < -0.3 is 10.2 Å². The fourth-order valence-electron chi connectivity index (χ4n) is 3.88. The highest BCUT2D eigenvalue weighted by molar-refractivity contribution is 8.18. The van der Waals surface area contributed by atoms with Crippen molar-refractivity contribution in [2.45, 2.75) is 12.7 Å². The van der Waals surface area contributed by atoms with Crippen molar-refractivity contribution in [2.24, 2.45) is 4.99 Å². The summed E-state index contributed by atoms with van der Waals surface area (Å²) in [5, 5.41) is 2.48. The topological polar surface area (TPSA) is 61.8 Å². The number of halogens is 3. The van der Waals surface area contributed by atoms with Crippen LogP contribution in [0.25, 0.3) is 5.57 Å². The van der Waals surface area contributed by atoms with Crippen molar-refractivity contribution in [1.82, 2.24) is 5.32 Å². The third-order valence-corrected chi connectivity index (χ3v) is 6.37. The molecule has 1 saturated heterocycles. The second-order valence-electron chi connectivity index (χ2n) is 7.59. The Bertz CT molecular complexity index is 1370. The van der Waals surface area contributed by atoms with E-state index in [1.54, 1.807) is 29.2 Å². The Morgan fingerprint density at radius 3 is 2.32 bits per heavy atom. The minimum atomic E-state index is -4.59. The van der Waals surface area contributed by atoms with Gasteiger partial charge in [-0.05, 0) is 35.5 Å². The lowest BCUT2D eigenvalue weighted by atomic mass is 10.1. The van der Waals surface area contributed by atoms with Gasteiger partial charge in [0, 0.05) is 5.56 Å². The fraction of sp³-hybridized carbons (Fsp3) is 0.0800. The first-order valence-electron chi connectivity index (χ1n) is 10.3. The Kier molecular flexibility index (Phi) is 5.49. The smallest absolute Gasteiger partial charge is 0.303 e. The molecule has 0 spiro atoms. The summed E-state index contributed by atoms with van der Waals surface area (Å²) in [5.41, 5.74) is 1.18. The first-order valence-corrected chi connectivity index (χ1v) is 11.1. The van der Waals surface area contributed by atoms with Crippen molar-refractivity contribution >= 4 is 45.7 Å². The molecular formula is C25H16F3N3O2S. The normalized spacial score (nSPS) is 19.0. The maximum Gasteiger partial charge on any atom is 0.418 e. The highest BCUT2D eigenvalue weighted by Gasteiger charge is 2.40. The molecule has 0 saturated carbocycles. The minimum absolute atomic E-state index is 0.0176. The molecule has 0 aromatic heterocycles. The fourth-order valence-corrected chi connectivity index (χ4v) is 4.80. The summed E-state index contributed by atoms with van der Waals surface area (Å²) < 4.78 is 40.0. The molecule has 170 valence electrons. The lowest BCUT2D eigenvalue weighted by Crippen LogP contribution is -2.26. The molecule has 0 bridgehead atoms. The second-order valence-corrected chi connectivity index (χ2v) is 8.59. The maximum atomic E-state index is 13.4. The van der Waals surface area contributed by atoms with E-state index in [1.165, 1.54) is 18.2 Å². The SMILES string of the molecule is O=C1NC(=Nc2ccccc2C(F)(F)F)S/C1=C1/C(=O)N(Cc2ccccc2)c2ccccc21. The van der Waals surface area contributed by atoms with Gasteiger partial charge in [0.1, 0.15) is 0 Å². The Morgan fingerprint density at radius 2 is 1.56 bits per heavy atom. The molecule has 2 heterocycles. The van der Waals surface area contributed by atoms with Crippen molar-refractivity contribution < 1.29 is 22.8 Å². The highest BCUT2D eigenvalue weighted by Crippen LogP contribution is 2.44.